The molecule has 2 heterocycles. The lowest BCUT2D eigenvalue weighted by molar-refractivity contribution is -0.0767. The van der Waals surface area contributed by atoms with E-state index in [-0.39, 0.29) is 5.41 Å². The zero-order valence-corrected chi connectivity index (χ0v) is 23.7. The van der Waals surface area contributed by atoms with Crippen LogP contribution in [0.15, 0.2) is 108 Å². The van der Waals surface area contributed by atoms with Gasteiger partial charge in [-0.1, -0.05) is 42.5 Å². The van der Waals surface area contributed by atoms with Gasteiger partial charge in [-0.3, -0.25) is 9.97 Å². The number of hydrogen-bond donors (Lipinski definition) is 0. The van der Waals surface area contributed by atoms with Gasteiger partial charge in [0, 0.05) is 24.8 Å². The molecule has 0 aromatic carbocycles. The predicted molar refractivity (Wildman–Crippen MR) is 159 cm³/mol. The molecule has 4 saturated carbocycles. The largest absolute Gasteiger partial charge is 0.264 e. The molecule has 0 saturated heterocycles. The Labute approximate surface area is 226 Å². The van der Waals surface area contributed by atoms with Crippen LogP contribution in [0.25, 0.3) is 0 Å². The highest BCUT2D eigenvalue weighted by molar-refractivity contribution is 7.19. The summed E-state index contributed by atoms with van der Waals surface area (Å²) in [4.78, 5) is 9.18. The maximum Gasteiger partial charge on any atom is 0.0624 e. The van der Waals surface area contributed by atoms with Crippen molar-refractivity contribution in [2.45, 2.75) is 43.7 Å². The molecular formula is C33H36N2P2. The maximum atomic E-state index is 4.59. The van der Waals surface area contributed by atoms with Crippen LogP contribution in [0.1, 0.15) is 49.7 Å². The van der Waals surface area contributed by atoms with Gasteiger partial charge in [0.2, 0.25) is 0 Å². The second-order valence-electron chi connectivity index (χ2n) is 12.0. The third-order valence-corrected chi connectivity index (χ3v) is 11.6. The van der Waals surface area contributed by atoms with Crippen molar-refractivity contribution in [1.82, 2.24) is 9.97 Å². The second kappa shape index (κ2) is 9.25. The molecule has 5 atom stereocenters. The fourth-order valence-corrected chi connectivity index (χ4v) is 10.2. The van der Waals surface area contributed by atoms with E-state index < -0.39 is 5.16 Å². The maximum absolute atomic E-state index is 4.59. The zero-order chi connectivity index (χ0) is 25.0. The molecule has 6 aliphatic carbocycles. The van der Waals surface area contributed by atoms with E-state index in [1.807, 2.05) is 12.4 Å². The highest BCUT2D eigenvalue weighted by Crippen LogP contribution is 2.69. The van der Waals surface area contributed by atoms with Crippen molar-refractivity contribution in [3.8, 4) is 0 Å². The highest BCUT2D eigenvalue weighted by atomic mass is 31.0. The standard InChI is InChI=1S/C33H36N2P2/c36-21-31-26-13-22-12-23(14-26)18-32(31,17-22)29-15-25(24-6-2-1-3-7-24)16-30(29)33(37,27-8-4-10-34-19-27)28-9-5-11-35-20-28/h1-6,8-11,15-16,19-20,22-23,26,31H,7,12-14,17-18,21,36-37H2. The normalized spacial score (nSPS) is 34.1. The van der Waals surface area contributed by atoms with Crippen molar-refractivity contribution in [3.63, 3.8) is 0 Å². The van der Waals surface area contributed by atoms with Crippen LogP contribution < -0.4 is 0 Å². The molecule has 0 spiro atoms. The summed E-state index contributed by atoms with van der Waals surface area (Å²) >= 11 is 0. The van der Waals surface area contributed by atoms with Gasteiger partial charge in [-0.25, -0.2) is 0 Å². The average molecular weight is 523 g/mol. The lowest BCUT2D eigenvalue weighted by atomic mass is 9.43. The number of hydrogen-bond acceptors (Lipinski definition) is 2. The number of allylic oxidation sites excluding steroid dienone is 10. The Hall–Kier alpha value is -2.14. The fourth-order valence-electron chi connectivity index (χ4n) is 8.81. The third-order valence-electron chi connectivity index (χ3n) is 10.1. The van der Waals surface area contributed by atoms with Crippen LogP contribution in [0, 0.1) is 29.1 Å². The van der Waals surface area contributed by atoms with E-state index >= 15 is 0 Å². The summed E-state index contributed by atoms with van der Waals surface area (Å²) in [6.07, 6.45) is 31.2. The molecule has 4 bridgehead atoms. The number of pyridine rings is 2. The molecule has 188 valence electrons. The van der Waals surface area contributed by atoms with Crippen molar-refractivity contribution < 1.29 is 0 Å². The van der Waals surface area contributed by atoms with Gasteiger partial charge >= 0.3 is 0 Å². The first-order chi connectivity index (χ1) is 18.1. The van der Waals surface area contributed by atoms with Crippen molar-refractivity contribution in [1.29, 1.82) is 0 Å². The number of nitrogens with zero attached hydrogens (tertiary/aromatic N) is 2. The van der Waals surface area contributed by atoms with Gasteiger partial charge in [0.1, 0.15) is 0 Å². The van der Waals surface area contributed by atoms with Gasteiger partial charge < -0.3 is 0 Å². The van der Waals surface area contributed by atoms with E-state index in [0.29, 0.717) is 0 Å². The molecule has 37 heavy (non-hydrogen) atoms. The first-order valence-electron chi connectivity index (χ1n) is 13.9. The third kappa shape index (κ3) is 3.74. The Morgan fingerprint density at radius 1 is 0.919 bits per heavy atom. The van der Waals surface area contributed by atoms with Crippen LogP contribution >= 0.6 is 18.5 Å². The van der Waals surface area contributed by atoms with Crippen LogP contribution in [0.4, 0.5) is 0 Å². The summed E-state index contributed by atoms with van der Waals surface area (Å²) in [5.41, 5.74) is 8.53. The second-order valence-corrected chi connectivity index (χ2v) is 13.3. The topological polar surface area (TPSA) is 25.8 Å². The molecule has 2 aromatic heterocycles. The molecule has 8 rings (SSSR count). The summed E-state index contributed by atoms with van der Waals surface area (Å²) in [5, 5.41) is -0.403. The van der Waals surface area contributed by atoms with Gasteiger partial charge in [-0.15, -0.1) is 18.5 Å². The predicted octanol–water partition coefficient (Wildman–Crippen LogP) is 7.59. The van der Waals surface area contributed by atoms with Gasteiger partial charge in [-0.05, 0) is 125 Å². The fraction of sp³-hybridized carbons (Fsp3) is 0.394. The van der Waals surface area contributed by atoms with Crippen molar-refractivity contribution in [2.75, 3.05) is 6.16 Å². The summed E-state index contributed by atoms with van der Waals surface area (Å²) < 4.78 is 0. The zero-order valence-electron chi connectivity index (χ0n) is 21.4. The van der Waals surface area contributed by atoms with E-state index in [0.717, 1.165) is 30.1 Å². The molecule has 5 unspecified atom stereocenters. The minimum absolute atomic E-state index is 0.255. The smallest absolute Gasteiger partial charge is 0.0624 e. The Bertz CT molecular complexity index is 1300. The molecule has 0 amide bonds. The number of rotatable bonds is 5. The SMILES string of the molecule is PCC1C2CC3CC(C2)CC1(C1=CC(=C2C=CC=CC2)C=C1C(P)(c1cccnc1)c1cccnc1)C3. The van der Waals surface area contributed by atoms with Gasteiger partial charge in [0.15, 0.2) is 0 Å². The van der Waals surface area contributed by atoms with Crippen molar-refractivity contribution in [3.05, 3.63) is 119 Å². The molecule has 0 aliphatic heterocycles. The lowest BCUT2D eigenvalue weighted by Gasteiger charge is -2.63. The molecule has 0 N–H and O–H groups in total. The van der Waals surface area contributed by atoms with Crippen LogP contribution in [0.3, 0.4) is 0 Å². The number of aromatic nitrogens is 2. The van der Waals surface area contributed by atoms with E-state index in [2.05, 4.69) is 102 Å². The van der Waals surface area contributed by atoms with Crippen molar-refractivity contribution in [2.24, 2.45) is 29.1 Å². The van der Waals surface area contributed by atoms with E-state index in [1.165, 1.54) is 66.1 Å². The first-order valence-corrected chi connectivity index (χ1v) is 15.3. The van der Waals surface area contributed by atoms with Gasteiger partial charge in [-0.2, -0.15) is 0 Å². The van der Waals surface area contributed by atoms with E-state index in [9.17, 15) is 0 Å². The monoisotopic (exact) mass is 522 g/mol. The minimum atomic E-state index is -0.403. The molecular weight excluding hydrogens is 486 g/mol. The van der Waals surface area contributed by atoms with Gasteiger partial charge in [0.05, 0.1) is 5.16 Å². The van der Waals surface area contributed by atoms with Crippen LogP contribution in [0.2, 0.25) is 0 Å². The molecule has 2 aromatic rings. The Balaban J connectivity index is 1.47. The summed E-state index contributed by atoms with van der Waals surface area (Å²) in [6, 6.07) is 8.64. The minimum Gasteiger partial charge on any atom is -0.264 e. The molecule has 2 nitrogen and oxygen atoms in total. The summed E-state index contributed by atoms with van der Waals surface area (Å²) in [5.74, 6) is 3.38. The quantitative estimate of drug-likeness (QED) is 0.378. The van der Waals surface area contributed by atoms with E-state index in [1.54, 1.807) is 5.57 Å². The summed E-state index contributed by atoms with van der Waals surface area (Å²) in [7, 11) is 6.45. The molecule has 6 aliphatic rings. The Morgan fingerprint density at radius 2 is 1.62 bits per heavy atom. The Kier molecular flexibility index (Phi) is 5.99. The highest BCUT2D eigenvalue weighted by Gasteiger charge is 2.59. The van der Waals surface area contributed by atoms with Crippen LogP contribution in [0.5, 0.6) is 0 Å². The lowest BCUT2D eigenvalue weighted by Crippen LogP contribution is -2.54. The molecule has 4 fully saturated rings. The summed E-state index contributed by atoms with van der Waals surface area (Å²) in [6.45, 7) is 0. The first kappa shape index (κ1) is 23.9. The molecule has 4 heteroatoms. The average Bonchev–Trinajstić information content (AvgIpc) is 3.41. The Morgan fingerprint density at radius 3 is 2.19 bits per heavy atom. The molecule has 0 radical (unpaired) electrons. The van der Waals surface area contributed by atoms with E-state index in [4.69, 9.17) is 0 Å². The van der Waals surface area contributed by atoms with Crippen molar-refractivity contribution >= 4 is 18.5 Å². The van der Waals surface area contributed by atoms with Crippen LogP contribution in [-0.4, -0.2) is 16.1 Å². The van der Waals surface area contributed by atoms with Gasteiger partial charge in [0.25, 0.3) is 0 Å². The van der Waals surface area contributed by atoms with Crippen LogP contribution in [-0.2, 0) is 5.16 Å².